The molecule has 0 aliphatic carbocycles. The summed E-state index contributed by atoms with van der Waals surface area (Å²) >= 11 is 0. The second kappa shape index (κ2) is 4.01. The van der Waals surface area contributed by atoms with Crippen LogP contribution in [0.5, 0.6) is 0 Å². The van der Waals surface area contributed by atoms with Crippen LogP contribution in [0.4, 0.5) is 0 Å². The van der Waals surface area contributed by atoms with Gasteiger partial charge in [0.05, 0.1) is 28.2 Å². The normalized spacial score (nSPS) is 13.1. The summed E-state index contributed by atoms with van der Waals surface area (Å²) in [5.74, 6) is 0. The van der Waals surface area contributed by atoms with Crippen molar-refractivity contribution in [3.8, 4) is 0 Å². The van der Waals surface area contributed by atoms with Gasteiger partial charge in [-0.2, -0.15) is 0 Å². The average molecular weight is 172 g/mol. The Morgan fingerprint density at radius 1 is 1.17 bits per heavy atom. The number of quaternary nitrogens is 2. The van der Waals surface area contributed by atoms with Crippen LogP contribution in [0.1, 0.15) is 0 Å². The van der Waals surface area contributed by atoms with Gasteiger partial charge in [0.2, 0.25) is 7.05 Å². The Hall–Kier alpha value is -0.410. The predicted molar refractivity (Wildman–Crippen MR) is 49.2 cm³/mol. The summed E-state index contributed by atoms with van der Waals surface area (Å²) in [5, 5.41) is 0. The highest BCUT2D eigenvalue weighted by atomic mass is 16.1. The fourth-order valence-corrected chi connectivity index (χ4v) is 0.822. The van der Waals surface area contributed by atoms with Crippen LogP contribution in [-0.4, -0.2) is 63.1 Å². The zero-order chi connectivity index (χ0) is 9.83. The molecule has 0 amide bonds. The number of hydrogen-bond donors (Lipinski definition) is 0. The van der Waals surface area contributed by atoms with Crippen LogP contribution in [0.2, 0.25) is 0 Å². The first kappa shape index (κ1) is 11.6. The summed E-state index contributed by atoms with van der Waals surface area (Å²) in [6.07, 6.45) is 0.955. The first-order valence-electron chi connectivity index (χ1n) is 4.14. The molecule has 12 heavy (non-hydrogen) atoms. The molecule has 0 atom stereocenters. The number of aldehydes is 1. The van der Waals surface area contributed by atoms with Crippen molar-refractivity contribution in [2.45, 2.75) is 0 Å². The van der Waals surface area contributed by atoms with E-state index in [2.05, 4.69) is 0 Å². The molecule has 0 fully saturated rings. The van der Waals surface area contributed by atoms with Crippen molar-refractivity contribution in [2.75, 3.05) is 47.8 Å². The van der Waals surface area contributed by atoms with Gasteiger partial charge >= 0.3 is 0 Å². The highest BCUT2D eigenvalue weighted by molar-refractivity contribution is 5.50. The monoisotopic (exact) mass is 172 g/mol. The third kappa shape index (κ3) is 6.31. The number of rotatable bonds is 5. The highest BCUT2D eigenvalue weighted by Crippen LogP contribution is 1.99. The average Bonchev–Trinajstić information content (AvgIpc) is 1.83. The molecule has 0 heterocycles. The maximum Gasteiger partial charge on any atom is 0.206 e. The van der Waals surface area contributed by atoms with E-state index in [1.165, 1.54) is 0 Å². The van der Waals surface area contributed by atoms with E-state index in [4.69, 9.17) is 7.05 Å². The van der Waals surface area contributed by atoms with Crippen LogP contribution < -0.4 is 0 Å². The summed E-state index contributed by atoms with van der Waals surface area (Å²) in [7, 11) is 13.7. The predicted octanol–water partition coefficient (Wildman–Crippen LogP) is 0.00669. The maximum atomic E-state index is 10.3. The molecule has 0 aromatic heterocycles. The summed E-state index contributed by atoms with van der Waals surface area (Å²) in [6, 6.07) is 0. The van der Waals surface area contributed by atoms with Crippen LogP contribution >= 0.6 is 0 Å². The summed E-state index contributed by atoms with van der Waals surface area (Å²) < 4.78 is 1.17. The van der Waals surface area contributed by atoms with E-state index < -0.39 is 0 Å². The minimum Gasteiger partial charge on any atom is -0.318 e. The van der Waals surface area contributed by atoms with E-state index in [0.717, 1.165) is 19.4 Å². The third-order valence-corrected chi connectivity index (χ3v) is 1.85. The van der Waals surface area contributed by atoms with Gasteiger partial charge in [-0.15, -0.1) is 0 Å². The minimum atomic E-state index is 0.459. The van der Waals surface area contributed by atoms with Gasteiger partial charge in [-0.1, -0.05) is 0 Å². The summed E-state index contributed by atoms with van der Waals surface area (Å²) in [6.45, 7) is 2.35. The van der Waals surface area contributed by atoms with Crippen LogP contribution in [0.15, 0.2) is 0 Å². The molecule has 0 bridgehead atoms. The largest absolute Gasteiger partial charge is 0.318 e. The lowest BCUT2D eigenvalue weighted by atomic mass is 10.4. The van der Waals surface area contributed by atoms with Gasteiger partial charge in [0.15, 0.2) is 6.29 Å². The van der Waals surface area contributed by atoms with Crippen molar-refractivity contribution < 1.29 is 13.8 Å². The molecule has 2 radical (unpaired) electrons. The fourth-order valence-electron chi connectivity index (χ4n) is 0.822. The Morgan fingerprint density at radius 3 is 2.00 bits per heavy atom. The maximum absolute atomic E-state index is 10.3. The molecule has 0 unspecified atom stereocenters. The lowest BCUT2D eigenvalue weighted by Crippen LogP contribution is -2.48. The Balaban J connectivity index is 3.83. The van der Waals surface area contributed by atoms with Gasteiger partial charge in [0.25, 0.3) is 0 Å². The van der Waals surface area contributed by atoms with Crippen LogP contribution in [0, 0.1) is 7.05 Å². The van der Waals surface area contributed by atoms with Gasteiger partial charge in [-0.05, 0) is 0 Å². The SMILES string of the molecule is [CH][N+](C)(C)CC[N+](C)(C)CC=O. The number of carbonyl (C=O) groups excluding carboxylic acids is 1. The topological polar surface area (TPSA) is 17.1 Å². The number of hydrogen-bond acceptors (Lipinski definition) is 1. The molecule has 3 nitrogen and oxygen atoms in total. The Labute approximate surface area is 75.8 Å². The quantitative estimate of drug-likeness (QED) is 0.421. The highest BCUT2D eigenvalue weighted by Gasteiger charge is 2.19. The van der Waals surface area contributed by atoms with Gasteiger partial charge in [-0.3, -0.25) is 4.79 Å². The van der Waals surface area contributed by atoms with Gasteiger partial charge in [0, 0.05) is 0 Å². The van der Waals surface area contributed by atoms with Crippen LogP contribution in [0.25, 0.3) is 0 Å². The molecule has 0 rings (SSSR count). The zero-order valence-corrected chi connectivity index (χ0v) is 8.58. The molecular weight excluding hydrogens is 152 g/mol. The van der Waals surface area contributed by atoms with Gasteiger partial charge in [0.1, 0.15) is 19.6 Å². The van der Waals surface area contributed by atoms with E-state index in [0.29, 0.717) is 15.5 Å². The second-order valence-electron chi connectivity index (χ2n) is 4.51. The molecule has 0 aromatic carbocycles. The van der Waals surface area contributed by atoms with E-state index in [9.17, 15) is 4.79 Å². The molecular formula is C9H20N2O+2. The zero-order valence-electron chi connectivity index (χ0n) is 8.58. The fraction of sp³-hybridized carbons (Fsp3) is 0.778. The Kier molecular flexibility index (Phi) is 3.87. The smallest absolute Gasteiger partial charge is 0.206 e. The van der Waals surface area contributed by atoms with Crippen molar-refractivity contribution in [3.63, 3.8) is 0 Å². The first-order chi connectivity index (χ1) is 5.27. The third-order valence-electron chi connectivity index (χ3n) is 1.85. The van der Waals surface area contributed by atoms with Crippen LogP contribution in [-0.2, 0) is 4.79 Å². The lowest BCUT2D eigenvalue weighted by molar-refractivity contribution is -0.923. The molecule has 0 aliphatic rings. The molecule has 0 saturated carbocycles. The molecule has 0 spiro atoms. The van der Waals surface area contributed by atoms with E-state index in [1.54, 1.807) is 0 Å². The summed E-state index contributed by atoms with van der Waals surface area (Å²) in [4.78, 5) is 10.3. The van der Waals surface area contributed by atoms with Gasteiger partial charge in [-0.25, -0.2) is 0 Å². The summed E-state index contributed by atoms with van der Waals surface area (Å²) in [5.41, 5.74) is 0. The van der Waals surface area contributed by atoms with Crippen molar-refractivity contribution in [3.05, 3.63) is 7.05 Å². The lowest BCUT2D eigenvalue weighted by Gasteiger charge is -2.31. The molecule has 0 N–H and O–H groups in total. The molecule has 0 saturated heterocycles. The number of carbonyl (C=O) groups is 1. The van der Waals surface area contributed by atoms with E-state index in [-0.39, 0.29) is 0 Å². The molecule has 3 heteroatoms. The first-order valence-corrected chi connectivity index (χ1v) is 4.14. The van der Waals surface area contributed by atoms with Gasteiger partial charge < -0.3 is 8.97 Å². The van der Waals surface area contributed by atoms with E-state index in [1.807, 2.05) is 28.2 Å². The molecule has 70 valence electrons. The Morgan fingerprint density at radius 2 is 1.67 bits per heavy atom. The second-order valence-corrected chi connectivity index (χ2v) is 4.51. The van der Waals surface area contributed by atoms with Crippen molar-refractivity contribution in [1.29, 1.82) is 0 Å². The van der Waals surface area contributed by atoms with Crippen molar-refractivity contribution in [1.82, 2.24) is 0 Å². The van der Waals surface area contributed by atoms with Crippen molar-refractivity contribution >= 4 is 6.29 Å². The van der Waals surface area contributed by atoms with E-state index >= 15 is 0 Å². The minimum absolute atomic E-state index is 0.459. The van der Waals surface area contributed by atoms with Crippen molar-refractivity contribution in [2.24, 2.45) is 0 Å². The molecule has 0 aliphatic heterocycles. The Bertz CT molecular complexity index is 147. The molecule has 0 aromatic rings. The number of likely N-dealkylation sites (N-methyl/N-ethyl adjacent to an activating group) is 2. The standard InChI is InChI=1S/C9H20N2O/c1-10(2,3)6-7-11(4,5)8-9-12/h1,9H,6-8H2,2-5H3/q+2. The van der Waals surface area contributed by atoms with Crippen LogP contribution in [0.3, 0.4) is 0 Å². The number of nitrogens with zero attached hydrogens (tertiary/aromatic N) is 2.